The van der Waals surface area contributed by atoms with Crippen LogP contribution in [0.2, 0.25) is 0 Å². The monoisotopic (exact) mass is 489 g/mol. The molecule has 36 heavy (non-hydrogen) atoms. The van der Waals surface area contributed by atoms with Gasteiger partial charge < -0.3 is 25.8 Å². The number of ether oxygens (including phenoxy) is 2. The standard InChI is InChI=1S/C25H27N7O4/c1-15-9-16-10-22(21(35-2)12-20(16)32(15)25(26)34)36-19-5-8-28-23(11-19)30-24(33)17-13-29-31(14-17)18-3-6-27-7-4-18/h5,8-14,18,27H,3-4,6-7H2,1-2H3,(H2,26,34)(H,28,30,33). The summed E-state index contributed by atoms with van der Waals surface area (Å²) in [5.74, 6) is 1.36. The molecule has 1 aliphatic heterocycles. The molecule has 11 heteroatoms. The molecule has 186 valence electrons. The molecule has 0 saturated carbocycles. The van der Waals surface area contributed by atoms with Crippen molar-refractivity contribution in [3.63, 3.8) is 0 Å². The Balaban J connectivity index is 1.34. The number of aryl methyl sites for hydroxylation is 1. The Kier molecular flexibility index (Phi) is 6.30. The Morgan fingerprint density at radius 2 is 1.97 bits per heavy atom. The first-order chi connectivity index (χ1) is 17.4. The van der Waals surface area contributed by atoms with Crippen LogP contribution in [0.3, 0.4) is 0 Å². The third-order valence-electron chi connectivity index (χ3n) is 6.24. The fourth-order valence-electron chi connectivity index (χ4n) is 4.47. The third-order valence-corrected chi connectivity index (χ3v) is 6.24. The van der Waals surface area contributed by atoms with Gasteiger partial charge in [-0.3, -0.25) is 14.0 Å². The average Bonchev–Trinajstić information content (AvgIpc) is 3.48. The number of nitrogens with two attached hydrogens (primary N) is 1. The van der Waals surface area contributed by atoms with E-state index >= 15 is 0 Å². The van der Waals surface area contributed by atoms with Gasteiger partial charge in [0, 0.05) is 35.6 Å². The number of anilines is 1. The summed E-state index contributed by atoms with van der Waals surface area (Å²) < 4.78 is 14.8. The van der Waals surface area contributed by atoms with Gasteiger partial charge in [0.05, 0.1) is 30.4 Å². The molecule has 11 nitrogen and oxygen atoms in total. The molecule has 4 N–H and O–H groups in total. The van der Waals surface area contributed by atoms with Crippen molar-refractivity contribution >= 4 is 28.7 Å². The number of nitrogens with zero attached hydrogens (tertiary/aromatic N) is 4. The van der Waals surface area contributed by atoms with Crippen LogP contribution in [0.5, 0.6) is 17.2 Å². The number of carbonyl (C=O) groups is 2. The van der Waals surface area contributed by atoms with Crippen molar-refractivity contribution in [1.29, 1.82) is 0 Å². The minimum atomic E-state index is -0.575. The molecule has 1 aromatic carbocycles. The van der Waals surface area contributed by atoms with Crippen LogP contribution in [-0.4, -0.2) is 51.5 Å². The molecule has 3 aromatic heterocycles. The zero-order chi connectivity index (χ0) is 25.2. The van der Waals surface area contributed by atoms with E-state index in [4.69, 9.17) is 15.2 Å². The SMILES string of the molecule is COc1cc2c(cc1Oc1ccnc(NC(=O)c3cnn(C4CCNCC4)c3)c1)cc(C)n2C(N)=O. The summed E-state index contributed by atoms with van der Waals surface area (Å²) in [4.78, 5) is 28.9. The van der Waals surface area contributed by atoms with E-state index in [1.54, 1.807) is 49.8 Å². The highest BCUT2D eigenvalue weighted by molar-refractivity contribution is 6.03. The number of benzene rings is 1. The van der Waals surface area contributed by atoms with Gasteiger partial charge in [-0.2, -0.15) is 5.10 Å². The maximum atomic E-state index is 12.8. The lowest BCUT2D eigenvalue weighted by Crippen LogP contribution is -2.29. The molecule has 4 aromatic rings. The summed E-state index contributed by atoms with van der Waals surface area (Å²) in [5.41, 5.74) is 7.30. The highest BCUT2D eigenvalue weighted by Crippen LogP contribution is 2.37. The Bertz CT molecular complexity index is 1440. The smallest absolute Gasteiger partial charge is 0.323 e. The van der Waals surface area contributed by atoms with Gasteiger partial charge in [-0.15, -0.1) is 0 Å². The van der Waals surface area contributed by atoms with Crippen molar-refractivity contribution in [2.75, 3.05) is 25.5 Å². The van der Waals surface area contributed by atoms with E-state index in [1.807, 2.05) is 10.7 Å². The number of hydrogen-bond donors (Lipinski definition) is 3. The molecule has 4 heterocycles. The van der Waals surface area contributed by atoms with Gasteiger partial charge in [0.15, 0.2) is 11.5 Å². The van der Waals surface area contributed by atoms with Gasteiger partial charge in [0.1, 0.15) is 11.6 Å². The number of pyridine rings is 1. The molecule has 2 amide bonds. The van der Waals surface area contributed by atoms with Crippen LogP contribution in [0.25, 0.3) is 10.9 Å². The predicted octanol–water partition coefficient (Wildman–Crippen LogP) is 3.45. The lowest BCUT2D eigenvalue weighted by atomic mass is 10.1. The van der Waals surface area contributed by atoms with Crippen molar-refractivity contribution in [1.82, 2.24) is 24.6 Å². The largest absolute Gasteiger partial charge is 0.493 e. The highest BCUT2D eigenvalue weighted by Gasteiger charge is 2.19. The van der Waals surface area contributed by atoms with Gasteiger partial charge >= 0.3 is 6.03 Å². The summed E-state index contributed by atoms with van der Waals surface area (Å²) in [6, 6.07) is 8.33. The van der Waals surface area contributed by atoms with Crippen LogP contribution < -0.4 is 25.8 Å². The fraction of sp³-hybridized carbons (Fsp3) is 0.280. The van der Waals surface area contributed by atoms with E-state index < -0.39 is 6.03 Å². The number of hydrogen-bond acceptors (Lipinski definition) is 7. The number of nitrogens with one attached hydrogen (secondary N) is 2. The van der Waals surface area contributed by atoms with Crippen molar-refractivity contribution < 1.29 is 19.1 Å². The average molecular weight is 490 g/mol. The molecule has 5 rings (SSSR count). The molecule has 0 unspecified atom stereocenters. The number of methoxy groups -OCH3 is 1. The summed E-state index contributed by atoms with van der Waals surface area (Å²) in [6.07, 6.45) is 6.84. The van der Waals surface area contributed by atoms with Gasteiger partial charge in [0.25, 0.3) is 5.91 Å². The van der Waals surface area contributed by atoms with E-state index in [0.29, 0.717) is 45.9 Å². The van der Waals surface area contributed by atoms with E-state index in [0.717, 1.165) is 31.3 Å². The van der Waals surface area contributed by atoms with E-state index in [2.05, 4.69) is 20.7 Å². The summed E-state index contributed by atoms with van der Waals surface area (Å²) in [6.45, 7) is 3.68. The molecule has 0 atom stereocenters. The Morgan fingerprint density at radius 1 is 1.17 bits per heavy atom. The number of carbonyl (C=O) groups excluding carboxylic acids is 2. The van der Waals surface area contributed by atoms with Gasteiger partial charge in [-0.05, 0) is 51.1 Å². The van der Waals surface area contributed by atoms with Crippen LogP contribution in [0.15, 0.2) is 48.9 Å². The number of primary amides is 1. The van der Waals surface area contributed by atoms with Gasteiger partial charge in [-0.1, -0.05) is 0 Å². The molecule has 1 aliphatic rings. The van der Waals surface area contributed by atoms with Crippen LogP contribution in [0.1, 0.15) is 34.9 Å². The maximum absolute atomic E-state index is 12.8. The molecular formula is C25H27N7O4. The Morgan fingerprint density at radius 3 is 2.72 bits per heavy atom. The molecule has 0 spiro atoms. The van der Waals surface area contributed by atoms with Crippen molar-refractivity contribution in [3.05, 3.63) is 60.2 Å². The van der Waals surface area contributed by atoms with E-state index in [1.165, 1.54) is 11.7 Å². The Hall–Kier alpha value is -4.38. The van der Waals surface area contributed by atoms with Gasteiger partial charge in [-0.25, -0.2) is 9.78 Å². The van der Waals surface area contributed by atoms with Crippen LogP contribution in [0, 0.1) is 6.92 Å². The topological polar surface area (TPSA) is 138 Å². The number of rotatable bonds is 6. The van der Waals surface area contributed by atoms with E-state index in [9.17, 15) is 9.59 Å². The van der Waals surface area contributed by atoms with Crippen LogP contribution in [-0.2, 0) is 0 Å². The second-order valence-electron chi connectivity index (χ2n) is 8.64. The highest BCUT2D eigenvalue weighted by atomic mass is 16.5. The van der Waals surface area contributed by atoms with Crippen molar-refractivity contribution in [2.45, 2.75) is 25.8 Å². The predicted molar refractivity (Wildman–Crippen MR) is 134 cm³/mol. The number of amides is 2. The van der Waals surface area contributed by atoms with Crippen LogP contribution >= 0.6 is 0 Å². The zero-order valence-electron chi connectivity index (χ0n) is 20.0. The second-order valence-corrected chi connectivity index (χ2v) is 8.64. The first kappa shape index (κ1) is 23.4. The van der Waals surface area contributed by atoms with Crippen molar-refractivity contribution in [2.24, 2.45) is 5.73 Å². The number of fused-ring (bicyclic) bond motifs is 1. The second kappa shape index (κ2) is 9.70. The van der Waals surface area contributed by atoms with Gasteiger partial charge in [0.2, 0.25) is 0 Å². The maximum Gasteiger partial charge on any atom is 0.323 e. The third kappa shape index (κ3) is 4.60. The molecular weight excluding hydrogens is 462 g/mol. The molecule has 0 aliphatic carbocycles. The normalized spacial score (nSPS) is 14.1. The molecule has 0 radical (unpaired) electrons. The minimum absolute atomic E-state index is 0.290. The summed E-state index contributed by atoms with van der Waals surface area (Å²) >= 11 is 0. The Labute approximate surface area is 207 Å². The lowest BCUT2D eigenvalue weighted by molar-refractivity contribution is 0.102. The zero-order valence-corrected chi connectivity index (χ0v) is 20.0. The number of piperidine rings is 1. The molecule has 1 fully saturated rings. The first-order valence-corrected chi connectivity index (χ1v) is 11.6. The summed E-state index contributed by atoms with van der Waals surface area (Å²) in [5, 5.41) is 11.3. The van der Waals surface area contributed by atoms with Crippen LogP contribution in [0.4, 0.5) is 10.6 Å². The lowest BCUT2D eigenvalue weighted by Gasteiger charge is -2.22. The molecule has 0 bridgehead atoms. The first-order valence-electron chi connectivity index (χ1n) is 11.6. The van der Waals surface area contributed by atoms with E-state index in [-0.39, 0.29) is 5.91 Å². The van der Waals surface area contributed by atoms with Crippen molar-refractivity contribution in [3.8, 4) is 17.2 Å². The molecule has 1 saturated heterocycles. The quantitative estimate of drug-likeness (QED) is 0.377. The minimum Gasteiger partial charge on any atom is -0.493 e. The fourth-order valence-corrected chi connectivity index (χ4v) is 4.47. The summed E-state index contributed by atoms with van der Waals surface area (Å²) in [7, 11) is 1.51. The number of aromatic nitrogens is 4.